The van der Waals surface area contributed by atoms with Crippen LogP contribution in [-0.2, 0) is 12.8 Å². The topological polar surface area (TPSA) is 38.7 Å². The van der Waals surface area contributed by atoms with Gasteiger partial charge >= 0.3 is 0 Å². The molecule has 0 spiro atoms. The van der Waals surface area contributed by atoms with Gasteiger partial charge in [0, 0.05) is 38.1 Å². The number of hydrogen-bond acceptors (Lipinski definition) is 4. The fourth-order valence-corrected chi connectivity index (χ4v) is 6.40. The Hall–Kier alpha value is -4.59. The summed E-state index contributed by atoms with van der Waals surface area (Å²) in [6, 6.07) is 35.2. The first-order chi connectivity index (χ1) is 19.3. The SMILES string of the molecule is C#CCc1c(CCC)sc2cccc(-c3nc(-c4ccccc4)nc(-c4ccccc4-c4ccccc4)n3)c12. The Kier molecular flexibility index (Phi) is 6.99. The van der Waals surface area contributed by atoms with Gasteiger partial charge in [-0.05, 0) is 29.2 Å². The molecular weight excluding hydrogens is 494 g/mol. The number of hydrogen-bond donors (Lipinski definition) is 0. The van der Waals surface area contributed by atoms with Gasteiger partial charge in [-0.15, -0.1) is 23.7 Å². The van der Waals surface area contributed by atoms with Crippen molar-refractivity contribution in [3.05, 3.63) is 114 Å². The molecule has 6 aromatic rings. The molecule has 0 unspecified atom stereocenters. The van der Waals surface area contributed by atoms with Gasteiger partial charge in [-0.2, -0.15) is 0 Å². The minimum Gasteiger partial charge on any atom is -0.208 e. The quantitative estimate of drug-likeness (QED) is 0.197. The van der Waals surface area contributed by atoms with E-state index in [9.17, 15) is 0 Å². The third-order valence-electron chi connectivity index (χ3n) is 6.81. The summed E-state index contributed by atoms with van der Waals surface area (Å²) in [6.45, 7) is 2.21. The lowest BCUT2D eigenvalue weighted by molar-refractivity contribution is 0.930. The molecule has 188 valence electrons. The standard InChI is InChI=1S/C35H27N3S/c1-3-14-28-30(15-4-2)39-31-23-13-22-29(32(28)31)35-37-33(25-18-9-6-10-19-25)36-34(38-35)27-21-12-11-20-26(27)24-16-7-5-8-17-24/h1,5-13,16-23H,4,14-15H2,2H3. The zero-order valence-corrected chi connectivity index (χ0v) is 22.6. The van der Waals surface area contributed by atoms with E-state index in [1.165, 1.54) is 15.1 Å². The predicted molar refractivity (Wildman–Crippen MR) is 163 cm³/mol. The van der Waals surface area contributed by atoms with Crippen molar-refractivity contribution in [1.29, 1.82) is 0 Å². The van der Waals surface area contributed by atoms with Gasteiger partial charge in [-0.1, -0.05) is 110 Å². The highest BCUT2D eigenvalue weighted by atomic mass is 32.1. The summed E-state index contributed by atoms with van der Waals surface area (Å²) in [7, 11) is 0. The van der Waals surface area contributed by atoms with Gasteiger partial charge in [0.25, 0.3) is 0 Å². The van der Waals surface area contributed by atoms with Crippen LogP contribution in [0.5, 0.6) is 0 Å². The van der Waals surface area contributed by atoms with Crippen LogP contribution in [0.15, 0.2) is 103 Å². The molecule has 0 aliphatic rings. The number of fused-ring (bicyclic) bond motifs is 1. The highest BCUT2D eigenvalue weighted by Crippen LogP contribution is 2.39. The van der Waals surface area contributed by atoms with Gasteiger partial charge in [0.15, 0.2) is 17.5 Å². The van der Waals surface area contributed by atoms with Crippen LogP contribution in [0.3, 0.4) is 0 Å². The predicted octanol–water partition coefficient (Wildman–Crippen LogP) is 8.88. The van der Waals surface area contributed by atoms with Crippen LogP contribution >= 0.6 is 11.3 Å². The molecule has 2 aromatic heterocycles. The van der Waals surface area contributed by atoms with Gasteiger partial charge in [0.2, 0.25) is 0 Å². The molecule has 6 rings (SSSR count). The van der Waals surface area contributed by atoms with Crippen molar-refractivity contribution >= 4 is 21.4 Å². The molecule has 2 heterocycles. The third kappa shape index (κ3) is 4.85. The van der Waals surface area contributed by atoms with Gasteiger partial charge in [0.1, 0.15) is 0 Å². The van der Waals surface area contributed by atoms with E-state index in [0.29, 0.717) is 23.9 Å². The average Bonchev–Trinajstić information content (AvgIpc) is 3.35. The molecule has 0 N–H and O–H groups in total. The van der Waals surface area contributed by atoms with E-state index in [0.717, 1.165) is 46.0 Å². The average molecular weight is 522 g/mol. The second-order valence-corrected chi connectivity index (χ2v) is 10.5. The van der Waals surface area contributed by atoms with Crippen LogP contribution in [0, 0.1) is 12.3 Å². The highest BCUT2D eigenvalue weighted by Gasteiger charge is 2.20. The van der Waals surface area contributed by atoms with Crippen LogP contribution in [0.2, 0.25) is 0 Å². The molecular formula is C35H27N3S. The molecule has 4 aromatic carbocycles. The smallest absolute Gasteiger partial charge is 0.164 e. The maximum Gasteiger partial charge on any atom is 0.164 e. The Labute approximate surface area is 233 Å². The molecule has 0 atom stereocenters. The van der Waals surface area contributed by atoms with E-state index in [1.54, 1.807) is 0 Å². The number of aryl methyl sites for hydroxylation is 1. The molecule has 0 radical (unpaired) electrons. The molecule has 0 bridgehead atoms. The first kappa shape index (κ1) is 24.7. The maximum atomic E-state index is 5.85. The number of nitrogens with zero attached hydrogens (tertiary/aromatic N) is 3. The molecule has 39 heavy (non-hydrogen) atoms. The van der Waals surface area contributed by atoms with Gasteiger partial charge in [0.05, 0.1) is 0 Å². The van der Waals surface area contributed by atoms with Crippen molar-refractivity contribution in [3.8, 4) is 57.6 Å². The first-order valence-electron chi connectivity index (χ1n) is 13.2. The van der Waals surface area contributed by atoms with Crippen LogP contribution in [0.1, 0.15) is 23.8 Å². The second-order valence-electron chi connectivity index (χ2n) is 9.40. The highest BCUT2D eigenvalue weighted by molar-refractivity contribution is 7.19. The normalized spacial score (nSPS) is 11.0. The van der Waals surface area contributed by atoms with Crippen molar-refractivity contribution < 1.29 is 0 Å². The summed E-state index contributed by atoms with van der Waals surface area (Å²) in [5.74, 6) is 4.85. The molecule has 4 heteroatoms. The lowest BCUT2D eigenvalue weighted by Crippen LogP contribution is -2.01. The third-order valence-corrected chi connectivity index (χ3v) is 8.07. The van der Waals surface area contributed by atoms with Crippen molar-refractivity contribution in [2.45, 2.75) is 26.2 Å². The second kappa shape index (κ2) is 11.0. The van der Waals surface area contributed by atoms with Gasteiger partial charge in [-0.25, -0.2) is 15.0 Å². The molecule has 0 aliphatic carbocycles. The number of benzene rings is 4. The number of rotatable bonds is 7. The Balaban J connectivity index is 1.63. The van der Waals surface area contributed by atoms with Crippen LogP contribution in [0.4, 0.5) is 0 Å². The molecule has 0 saturated heterocycles. The first-order valence-corrected chi connectivity index (χ1v) is 14.0. The zero-order chi connectivity index (χ0) is 26.6. The molecule has 0 aliphatic heterocycles. The number of aromatic nitrogens is 3. The van der Waals surface area contributed by atoms with E-state index in [2.05, 4.69) is 73.5 Å². The van der Waals surface area contributed by atoms with E-state index in [1.807, 2.05) is 53.8 Å². The fraction of sp³-hybridized carbons (Fsp3) is 0.114. The van der Waals surface area contributed by atoms with Crippen LogP contribution in [-0.4, -0.2) is 15.0 Å². The van der Waals surface area contributed by atoms with Crippen LogP contribution < -0.4 is 0 Å². The summed E-state index contributed by atoms with van der Waals surface area (Å²) in [5, 5.41) is 1.16. The molecule has 3 nitrogen and oxygen atoms in total. The lowest BCUT2D eigenvalue weighted by atomic mass is 9.98. The summed E-state index contributed by atoms with van der Waals surface area (Å²) in [6.07, 6.45) is 8.53. The van der Waals surface area contributed by atoms with E-state index in [4.69, 9.17) is 21.4 Å². The minimum absolute atomic E-state index is 0.590. The summed E-state index contributed by atoms with van der Waals surface area (Å²) >= 11 is 1.83. The fourth-order valence-electron chi connectivity index (χ4n) is 5.05. The maximum absolute atomic E-state index is 5.85. The summed E-state index contributed by atoms with van der Waals surface area (Å²) in [4.78, 5) is 16.5. The van der Waals surface area contributed by atoms with Crippen LogP contribution in [0.25, 0.3) is 55.4 Å². The Bertz CT molecular complexity index is 1800. The minimum atomic E-state index is 0.590. The van der Waals surface area contributed by atoms with E-state index in [-0.39, 0.29) is 0 Å². The number of terminal acetylenes is 1. The lowest BCUT2D eigenvalue weighted by Gasteiger charge is -2.13. The zero-order valence-electron chi connectivity index (χ0n) is 21.8. The Morgan fingerprint density at radius 2 is 1.23 bits per heavy atom. The summed E-state index contributed by atoms with van der Waals surface area (Å²) < 4.78 is 1.22. The van der Waals surface area contributed by atoms with Crippen molar-refractivity contribution in [3.63, 3.8) is 0 Å². The Morgan fingerprint density at radius 1 is 0.641 bits per heavy atom. The van der Waals surface area contributed by atoms with Gasteiger partial charge < -0.3 is 0 Å². The molecule has 0 saturated carbocycles. The van der Waals surface area contributed by atoms with E-state index >= 15 is 0 Å². The van der Waals surface area contributed by atoms with Crippen molar-refractivity contribution in [1.82, 2.24) is 15.0 Å². The Morgan fingerprint density at radius 3 is 1.92 bits per heavy atom. The molecule has 0 amide bonds. The summed E-state index contributed by atoms with van der Waals surface area (Å²) in [5.41, 5.74) is 6.35. The molecule has 0 fully saturated rings. The van der Waals surface area contributed by atoms with E-state index < -0.39 is 0 Å². The monoisotopic (exact) mass is 521 g/mol. The number of thiophene rings is 1. The largest absolute Gasteiger partial charge is 0.208 e. The van der Waals surface area contributed by atoms with Crippen molar-refractivity contribution in [2.75, 3.05) is 0 Å². The van der Waals surface area contributed by atoms with Crippen molar-refractivity contribution in [2.24, 2.45) is 0 Å². The van der Waals surface area contributed by atoms with Gasteiger partial charge in [-0.3, -0.25) is 0 Å².